The fourth-order valence-corrected chi connectivity index (χ4v) is 1.60. The minimum Gasteiger partial charge on any atom is -0.492 e. The molecule has 0 atom stereocenters. The summed E-state index contributed by atoms with van der Waals surface area (Å²) < 4.78 is 23.5. The number of benzene rings is 1. The molecule has 0 radical (unpaired) electrons. The average molecular weight is 214 g/mol. The zero-order chi connectivity index (χ0) is 11.4. The highest BCUT2D eigenvalue weighted by Crippen LogP contribution is 2.36. The smallest absolute Gasteiger partial charge is 0.197 e. The Morgan fingerprint density at radius 2 is 1.87 bits per heavy atom. The Morgan fingerprint density at radius 1 is 1.27 bits per heavy atom. The summed E-state index contributed by atoms with van der Waals surface area (Å²) in [6.45, 7) is 1.77. The van der Waals surface area contributed by atoms with Crippen LogP contribution in [-0.4, -0.2) is 25.9 Å². The molecule has 0 unspecified atom stereocenters. The maximum Gasteiger partial charge on any atom is 0.197 e. The summed E-state index contributed by atoms with van der Waals surface area (Å²) in [5, 5.41) is 8.91. The van der Waals surface area contributed by atoms with E-state index in [2.05, 4.69) is 0 Å². The molecule has 0 spiro atoms. The van der Waals surface area contributed by atoms with Crippen molar-refractivity contribution < 1.29 is 19.0 Å². The number of aryl methyl sites for hydroxylation is 1. The molecule has 0 saturated carbocycles. The summed E-state index contributed by atoms with van der Waals surface area (Å²) in [4.78, 5) is 0. The van der Waals surface area contributed by atoms with Gasteiger partial charge in [0.2, 0.25) is 0 Å². The molecule has 0 amide bonds. The zero-order valence-corrected chi connectivity index (χ0v) is 9.13. The molecule has 0 heterocycles. The van der Waals surface area contributed by atoms with Crippen molar-refractivity contribution in [1.29, 1.82) is 0 Å². The van der Waals surface area contributed by atoms with Gasteiger partial charge in [-0.15, -0.1) is 0 Å². The van der Waals surface area contributed by atoms with Gasteiger partial charge in [-0.05, 0) is 25.0 Å². The second kappa shape index (κ2) is 4.98. The number of aliphatic hydroxyl groups excluding tert-OH is 1. The van der Waals surface area contributed by atoms with Crippen LogP contribution in [0.3, 0.4) is 0 Å². The Morgan fingerprint density at radius 3 is 2.33 bits per heavy atom. The van der Waals surface area contributed by atoms with Gasteiger partial charge in [-0.25, -0.2) is 4.39 Å². The van der Waals surface area contributed by atoms with E-state index >= 15 is 0 Å². The molecule has 0 aliphatic heterocycles. The van der Waals surface area contributed by atoms with Crippen molar-refractivity contribution in [3.05, 3.63) is 23.0 Å². The van der Waals surface area contributed by atoms with Gasteiger partial charge in [0.15, 0.2) is 17.3 Å². The van der Waals surface area contributed by atoms with Gasteiger partial charge in [-0.1, -0.05) is 0 Å². The molecule has 4 heteroatoms. The van der Waals surface area contributed by atoms with Crippen LogP contribution in [0.15, 0.2) is 6.07 Å². The van der Waals surface area contributed by atoms with Crippen LogP contribution >= 0.6 is 0 Å². The van der Waals surface area contributed by atoms with Gasteiger partial charge >= 0.3 is 0 Å². The number of hydrogen-bond donors (Lipinski definition) is 1. The fourth-order valence-electron chi connectivity index (χ4n) is 1.60. The van der Waals surface area contributed by atoms with E-state index in [1.807, 2.05) is 0 Å². The number of halogens is 1. The molecule has 0 saturated heterocycles. The highest BCUT2D eigenvalue weighted by Gasteiger charge is 2.17. The molecule has 3 nitrogen and oxygen atoms in total. The normalized spacial score (nSPS) is 10.2. The van der Waals surface area contributed by atoms with E-state index in [4.69, 9.17) is 14.6 Å². The van der Waals surface area contributed by atoms with Crippen molar-refractivity contribution in [2.24, 2.45) is 0 Å². The highest BCUT2D eigenvalue weighted by atomic mass is 19.1. The van der Waals surface area contributed by atoms with E-state index in [-0.39, 0.29) is 12.4 Å². The maximum absolute atomic E-state index is 13.5. The molecule has 0 bridgehead atoms. The van der Waals surface area contributed by atoms with Crippen molar-refractivity contribution in [2.75, 3.05) is 20.8 Å². The van der Waals surface area contributed by atoms with Gasteiger partial charge in [-0.3, -0.25) is 0 Å². The van der Waals surface area contributed by atoms with Crippen LogP contribution in [0.2, 0.25) is 0 Å². The van der Waals surface area contributed by atoms with Crippen LogP contribution in [-0.2, 0) is 6.42 Å². The number of ether oxygens (including phenoxy) is 2. The average Bonchev–Trinajstić information content (AvgIpc) is 2.21. The van der Waals surface area contributed by atoms with Gasteiger partial charge in [0, 0.05) is 12.2 Å². The van der Waals surface area contributed by atoms with Crippen LogP contribution in [0, 0.1) is 12.7 Å². The Kier molecular flexibility index (Phi) is 3.91. The van der Waals surface area contributed by atoms with Gasteiger partial charge in [0.25, 0.3) is 0 Å². The molecular formula is C11H15FO3. The quantitative estimate of drug-likeness (QED) is 0.828. The van der Waals surface area contributed by atoms with Crippen molar-refractivity contribution >= 4 is 0 Å². The zero-order valence-electron chi connectivity index (χ0n) is 9.13. The molecule has 84 valence electrons. The fraction of sp³-hybridized carbons (Fsp3) is 0.455. The highest BCUT2D eigenvalue weighted by molar-refractivity contribution is 5.51. The number of hydrogen-bond acceptors (Lipinski definition) is 3. The van der Waals surface area contributed by atoms with E-state index < -0.39 is 5.82 Å². The van der Waals surface area contributed by atoms with Gasteiger partial charge in [-0.2, -0.15) is 0 Å². The summed E-state index contributed by atoms with van der Waals surface area (Å²) in [5.74, 6) is 0.00383. The van der Waals surface area contributed by atoms with E-state index in [1.165, 1.54) is 20.3 Å². The summed E-state index contributed by atoms with van der Waals surface area (Å²) in [6.07, 6.45) is 0.422. The van der Waals surface area contributed by atoms with Gasteiger partial charge in [0.1, 0.15) is 0 Å². The van der Waals surface area contributed by atoms with Crippen molar-refractivity contribution in [1.82, 2.24) is 0 Å². The third kappa shape index (κ3) is 2.21. The van der Waals surface area contributed by atoms with E-state index in [0.717, 1.165) is 11.1 Å². The van der Waals surface area contributed by atoms with Crippen LogP contribution in [0.5, 0.6) is 11.5 Å². The molecule has 0 aromatic heterocycles. The lowest BCUT2D eigenvalue weighted by Crippen LogP contribution is -2.03. The van der Waals surface area contributed by atoms with E-state index in [9.17, 15) is 4.39 Å². The minimum absolute atomic E-state index is 0.00795. The molecule has 0 fully saturated rings. The number of methoxy groups -OCH3 is 2. The van der Waals surface area contributed by atoms with E-state index in [1.54, 1.807) is 6.92 Å². The first-order valence-corrected chi connectivity index (χ1v) is 4.66. The lowest BCUT2D eigenvalue weighted by Gasteiger charge is -2.15. The largest absolute Gasteiger partial charge is 0.492 e. The lowest BCUT2D eigenvalue weighted by molar-refractivity contribution is 0.292. The summed E-state index contributed by atoms with van der Waals surface area (Å²) in [7, 11) is 2.84. The first kappa shape index (κ1) is 11.8. The first-order chi connectivity index (χ1) is 7.15. The van der Waals surface area contributed by atoms with Crippen LogP contribution < -0.4 is 9.47 Å². The summed E-state index contributed by atoms with van der Waals surface area (Å²) in [6, 6.07) is 1.38. The van der Waals surface area contributed by atoms with Crippen molar-refractivity contribution in [2.45, 2.75) is 13.3 Å². The molecule has 1 aromatic rings. The van der Waals surface area contributed by atoms with Crippen LogP contribution in [0.25, 0.3) is 0 Å². The monoisotopic (exact) mass is 214 g/mol. The van der Waals surface area contributed by atoms with Crippen molar-refractivity contribution in [3.63, 3.8) is 0 Å². The standard InChI is InChI=1S/C11H15FO3/c1-7-6-9(12)11(15-3)10(14-2)8(7)4-5-13/h6,13H,4-5H2,1-3H3. The van der Waals surface area contributed by atoms with Crippen LogP contribution in [0.1, 0.15) is 11.1 Å². The Hall–Kier alpha value is -1.29. The van der Waals surface area contributed by atoms with Crippen LogP contribution in [0.4, 0.5) is 4.39 Å². The molecule has 1 rings (SSSR count). The Bertz CT molecular complexity index is 350. The Labute approximate surface area is 88.4 Å². The van der Waals surface area contributed by atoms with Gasteiger partial charge < -0.3 is 14.6 Å². The summed E-state index contributed by atoms with van der Waals surface area (Å²) >= 11 is 0. The second-order valence-electron chi connectivity index (χ2n) is 3.19. The third-order valence-electron chi connectivity index (χ3n) is 2.29. The molecule has 1 N–H and O–H groups in total. The maximum atomic E-state index is 13.5. The minimum atomic E-state index is -0.450. The number of aliphatic hydroxyl groups is 1. The topological polar surface area (TPSA) is 38.7 Å². The third-order valence-corrected chi connectivity index (χ3v) is 2.29. The SMILES string of the molecule is COc1c(F)cc(C)c(CCO)c1OC. The summed E-state index contributed by atoms with van der Waals surface area (Å²) in [5.41, 5.74) is 1.53. The van der Waals surface area contributed by atoms with Crippen molar-refractivity contribution in [3.8, 4) is 11.5 Å². The molecule has 15 heavy (non-hydrogen) atoms. The van der Waals surface area contributed by atoms with E-state index in [0.29, 0.717) is 12.2 Å². The predicted molar refractivity (Wildman–Crippen MR) is 55.0 cm³/mol. The lowest BCUT2D eigenvalue weighted by atomic mass is 10.0. The van der Waals surface area contributed by atoms with Gasteiger partial charge in [0.05, 0.1) is 14.2 Å². The first-order valence-electron chi connectivity index (χ1n) is 4.66. The molecular weight excluding hydrogens is 199 g/mol. The Balaban J connectivity index is 3.35. The molecule has 0 aliphatic carbocycles. The molecule has 0 aliphatic rings. The predicted octanol–water partition coefficient (Wildman–Crippen LogP) is 1.69. The number of rotatable bonds is 4. The second-order valence-corrected chi connectivity index (χ2v) is 3.19. The molecule has 1 aromatic carbocycles.